The molecule has 0 saturated heterocycles. The van der Waals surface area contributed by atoms with Gasteiger partial charge in [0.1, 0.15) is 0 Å². The van der Waals surface area contributed by atoms with Crippen molar-refractivity contribution in [1.82, 2.24) is 0 Å². The van der Waals surface area contributed by atoms with Crippen LogP contribution in [0, 0.1) is 12.0 Å². The SMILES string of the molecule is CC(C)(C)c1ccc2[cH-]c3ccc(C(C)(C)C)cc3c2c1.CC1=[C-]C(C)C=C1[Si](C)(C)C.[Cl-].[Cl-].[Zr+2]=[CH]c1cccc2ccccc12. The van der Waals surface area contributed by atoms with Gasteiger partial charge in [-0.2, -0.15) is 6.08 Å². The normalized spacial score (nSPS) is 14.7. The molecule has 1 aliphatic rings. The molecular weight excluding hydrogens is 695 g/mol. The number of fused-ring (bicyclic) bond motifs is 4. The van der Waals surface area contributed by atoms with Crippen LogP contribution < -0.4 is 24.8 Å². The quantitative estimate of drug-likeness (QED) is 0.153. The summed E-state index contributed by atoms with van der Waals surface area (Å²) in [7, 11) is -1.07. The van der Waals surface area contributed by atoms with Gasteiger partial charge in [0.25, 0.3) is 0 Å². The fraction of sp³-hybridized carbons (Fsp3) is 0.333. The molecule has 242 valence electrons. The van der Waals surface area contributed by atoms with Gasteiger partial charge in [0.05, 0.1) is 0 Å². The number of allylic oxidation sites excluding steroid dienone is 4. The van der Waals surface area contributed by atoms with Crippen molar-refractivity contribution < 1.29 is 49.0 Å². The molecule has 0 nitrogen and oxygen atoms in total. The number of halogens is 2. The molecule has 0 saturated carbocycles. The first-order valence-corrected chi connectivity index (χ1v) is 20.9. The summed E-state index contributed by atoms with van der Waals surface area (Å²) in [6.07, 6.45) is 5.81. The van der Waals surface area contributed by atoms with E-state index >= 15 is 0 Å². The van der Waals surface area contributed by atoms with E-state index in [1.165, 1.54) is 78.8 Å². The second-order valence-corrected chi connectivity index (χ2v) is 21.1. The van der Waals surface area contributed by atoms with Gasteiger partial charge in [-0.3, -0.25) is 6.08 Å². The summed E-state index contributed by atoms with van der Waals surface area (Å²) in [5.41, 5.74) is 5.95. The molecule has 4 heteroatoms. The van der Waals surface area contributed by atoms with Crippen LogP contribution in [0.25, 0.3) is 32.3 Å². The monoisotopic (exact) mass is 742 g/mol. The summed E-state index contributed by atoms with van der Waals surface area (Å²) in [5, 5.41) is 9.77. The van der Waals surface area contributed by atoms with E-state index in [1.54, 1.807) is 5.20 Å². The third-order valence-corrected chi connectivity index (χ3v) is 11.4. The van der Waals surface area contributed by atoms with Crippen LogP contribution in [0.4, 0.5) is 0 Å². The first-order valence-electron chi connectivity index (χ1n) is 15.9. The third kappa shape index (κ3) is 9.79. The van der Waals surface area contributed by atoms with Crippen molar-refractivity contribution in [3.8, 4) is 0 Å². The third-order valence-electron chi connectivity index (χ3n) is 8.49. The van der Waals surface area contributed by atoms with E-state index in [0.29, 0.717) is 5.92 Å². The minimum absolute atomic E-state index is 0. The molecule has 5 aromatic carbocycles. The molecule has 0 aromatic heterocycles. The van der Waals surface area contributed by atoms with Gasteiger partial charge < -0.3 is 24.8 Å². The zero-order chi connectivity index (χ0) is 32.4. The molecule has 0 fully saturated rings. The molecule has 5 aromatic rings. The molecule has 0 spiro atoms. The van der Waals surface area contributed by atoms with Gasteiger partial charge in [0, 0.05) is 0 Å². The van der Waals surface area contributed by atoms with E-state index in [0.717, 1.165) is 0 Å². The summed E-state index contributed by atoms with van der Waals surface area (Å²) >= 11 is 1.46. The number of hydrogen-bond donors (Lipinski definition) is 0. The number of benzene rings is 4. The molecule has 0 amide bonds. The van der Waals surface area contributed by atoms with Crippen LogP contribution in [-0.4, -0.2) is 11.8 Å². The van der Waals surface area contributed by atoms with Crippen molar-refractivity contribution in [3.05, 3.63) is 125 Å². The summed E-state index contributed by atoms with van der Waals surface area (Å²) in [6, 6.07) is 31.1. The number of rotatable bonds is 2. The second-order valence-electron chi connectivity index (χ2n) is 15.3. The first-order chi connectivity index (χ1) is 20.5. The predicted octanol–water partition coefficient (Wildman–Crippen LogP) is 6.04. The molecule has 1 atom stereocenters. The maximum absolute atomic E-state index is 3.43. The maximum atomic E-state index is 3.43. The second kappa shape index (κ2) is 16.0. The Balaban J connectivity index is 0.000000253. The van der Waals surface area contributed by atoms with Crippen LogP contribution in [0.15, 0.2) is 102 Å². The minimum atomic E-state index is -1.07. The van der Waals surface area contributed by atoms with Crippen molar-refractivity contribution in [1.29, 1.82) is 0 Å². The summed E-state index contributed by atoms with van der Waals surface area (Å²) in [4.78, 5) is 0. The summed E-state index contributed by atoms with van der Waals surface area (Å²) in [6.45, 7) is 25.2. The van der Waals surface area contributed by atoms with E-state index in [-0.39, 0.29) is 35.6 Å². The van der Waals surface area contributed by atoms with Gasteiger partial charge in [0.2, 0.25) is 0 Å². The van der Waals surface area contributed by atoms with Crippen LogP contribution in [0.2, 0.25) is 19.6 Å². The van der Waals surface area contributed by atoms with Crippen LogP contribution >= 0.6 is 0 Å². The van der Waals surface area contributed by atoms with Gasteiger partial charge >= 0.3 is 86.7 Å². The topological polar surface area (TPSA) is 0 Å². The molecule has 0 radical (unpaired) electrons. The van der Waals surface area contributed by atoms with Gasteiger partial charge in [-0.15, -0.1) is 39.7 Å². The average molecular weight is 745 g/mol. The molecule has 1 unspecified atom stereocenters. The Morgan fingerprint density at radius 3 is 1.63 bits per heavy atom. The van der Waals surface area contributed by atoms with E-state index < -0.39 is 8.07 Å². The standard InChI is InChI=1S/C21H25.C11H8.C10H17Si.2ClH.Zr/c1-20(2,3)16-9-7-14-11-15-8-10-17(21(4,5)6)13-19(15)18(14)12-16;1-9-5-4-7-10-6-2-3-8-11(9)10;1-8-6-9(2)10(7-8)11(3,4)5;;;/h7-13H,1-6H3;1-8H;7-8H,1-5H3;2*1H;/q-1;;-1;;;+2/p-2. The Labute approximate surface area is 307 Å². The van der Waals surface area contributed by atoms with Gasteiger partial charge in [-0.25, -0.2) is 10.8 Å². The Morgan fingerprint density at radius 1 is 0.717 bits per heavy atom. The fourth-order valence-corrected chi connectivity index (χ4v) is 8.52. The van der Waals surface area contributed by atoms with Crippen LogP contribution in [-0.2, 0) is 35.1 Å². The Bertz CT molecular complexity index is 1780. The van der Waals surface area contributed by atoms with Crippen molar-refractivity contribution in [2.45, 2.75) is 85.9 Å². The molecule has 46 heavy (non-hydrogen) atoms. The fourth-order valence-electron chi connectivity index (χ4n) is 5.96. The summed E-state index contributed by atoms with van der Waals surface area (Å²) in [5.74, 6) is 0.553. The zero-order valence-corrected chi connectivity index (χ0v) is 34.5. The van der Waals surface area contributed by atoms with Crippen LogP contribution in [0.5, 0.6) is 0 Å². The van der Waals surface area contributed by atoms with E-state index in [9.17, 15) is 0 Å². The Kier molecular flexibility index (Phi) is 14.0. The molecule has 0 N–H and O–H groups in total. The molecule has 1 aliphatic carbocycles. The van der Waals surface area contributed by atoms with Gasteiger partial charge in [-0.05, 0) is 18.9 Å². The predicted molar refractivity (Wildman–Crippen MR) is 197 cm³/mol. The van der Waals surface area contributed by atoms with Gasteiger partial charge in [0.15, 0.2) is 0 Å². The van der Waals surface area contributed by atoms with Crippen molar-refractivity contribution in [2.24, 2.45) is 5.92 Å². The zero-order valence-electron chi connectivity index (χ0n) is 29.6. The Hall–Kier alpha value is -1.96. The Morgan fingerprint density at radius 2 is 1.22 bits per heavy atom. The van der Waals surface area contributed by atoms with E-state index in [4.69, 9.17) is 0 Å². The van der Waals surface area contributed by atoms with Crippen LogP contribution in [0.3, 0.4) is 0 Å². The van der Waals surface area contributed by atoms with E-state index in [2.05, 4.69) is 176 Å². The molecule has 6 rings (SSSR count). The van der Waals surface area contributed by atoms with Crippen molar-refractivity contribution >= 4 is 44.1 Å². The molecular formula is C42H50Cl2SiZr-2. The molecule has 0 bridgehead atoms. The van der Waals surface area contributed by atoms with Gasteiger partial charge in [-0.1, -0.05) is 116 Å². The van der Waals surface area contributed by atoms with Crippen molar-refractivity contribution in [2.75, 3.05) is 0 Å². The number of hydrogen-bond acceptors (Lipinski definition) is 0. The molecule has 0 aliphatic heterocycles. The summed E-state index contributed by atoms with van der Waals surface area (Å²) < 4.78 is 2.23. The average Bonchev–Trinajstić information content (AvgIpc) is 3.50. The van der Waals surface area contributed by atoms with Crippen LogP contribution in [0.1, 0.15) is 72.1 Å². The van der Waals surface area contributed by atoms with E-state index in [1.807, 2.05) is 0 Å². The van der Waals surface area contributed by atoms with Crippen molar-refractivity contribution in [3.63, 3.8) is 0 Å². The first kappa shape index (κ1) is 40.2. The molecule has 0 heterocycles.